The van der Waals surface area contributed by atoms with Gasteiger partial charge in [0, 0.05) is 51.1 Å². The quantitative estimate of drug-likeness (QED) is 0.0753. The van der Waals surface area contributed by atoms with Gasteiger partial charge >= 0.3 is 30.2 Å². The first-order valence-corrected chi connectivity index (χ1v) is 20.9. The Morgan fingerprint density at radius 2 is 1.39 bits per heavy atom. The van der Waals surface area contributed by atoms with Crippen LogP contribution in [0.3, 0.4) is 0 Å². The summed E-state index contributed by atoms with van der Waals surface area (Å²) >= 11 is 0. The van der Waals surface area contributed by atoms with Crippen LogP contribution in [0, 0.1) is 18.8 Å². The van der Waals surface area contributed by atoms with E-state index in [1.165, 1.54) is 20.3 Å². The van der Waals surface area contributed by atoms with E-state index in [0.29, 0.717) is 35.2 Å². The van der Waals surface area contributed by atoms with Gasteiger partial charge in [-0.15, -0.1) is 0 Å². The summed E-state index contributed by atoms with van der Waals surface area (Å²) in [5, 5.41) is 5.90. The van der Waals surface area contributed by atoms with Crippen LogP contribution in [0.15, 0.2) is 60.8 Å². The summed E-state index contributed by atoms with van der Waals surface area (Å²) in [4.78, 5) is 72.0. The summed E-state index contributed by atoms with van der Waals surface area (Å²) < 4.78 is 21.0. The average molecular weight is 851 g/mol. The third kappa shape index (κ3) is 20.3. The zero-order chi connectivity index (χ0) is 46.3. The number of esters is 2. The Bertz CT molecular complexity index is 1820. The van der Waals surface area contributed by atoms with Crippen molar-refractivity contribution in [2.75, 3.05) is 61.0 Å². The van der Waals surface area contributed by atoms with Gasteiger partial charge in [-0.25, -0.2) is 19.4 Å². The maximum Gasteiger partial charge on any atom is 0.418 e. The second kappa shape index (κ2) is 27.1. The Kier molecular flexibility index (Phi) is 23.6. The van der Waals surface area contributed by atoms with E-state index in [1.807, 2.05) is 77.1 Å². The van der Waals surface area contributed by atoms with E-state index >= 15 is 0 Å². The second-order valence-electron chi connectivity index (χ2n) is 15.6. The normalized spacial score (nSPS) is 10.6. The number of likely N-dealkylation sites (N-methyl/N-ethyl adjacent to an activating group) is 1. The highest BCUT2D eigenvalue weighted by Gasteiger charge is 2.23. The van der Waals surface area contributed by atoms with Crippen LogP contribution >= 0.6 is 0 Å². The molecule has 0 saturated heterocycles. The second-order valence-corrected chi connectivity index (χ2v) is 15.6. The summed E-state index contributed by atoms with van der Waals surface area (Å²) in [6, 6.07) is 16.1. The van der Waals surface area contributed by atoms with Crippen molar-refractivity contribution >= 4 is 53.0 Å². The Hall–Kier alpha value is -5.86. The van der Waals surface area contributed by atoms with Gasteiger partial charge in [-0.05, 0) is 81.8 Å². The van der Waals surface area contributed by atoms with Gasteiger partial charge in [-0.3, -0.25) is 14.5 Å². The van der Waals surface area contributed by atoms with Crippen molar-refractivity contribution in [1.82, 2.24) is 9.88 Å². The molecule has 3 rings (SSSR count). The molecule has 338 valence electrons. The minimum atomic E-state index is -0.860. The van der Waals surface area contributed by atoms with Gasteiger partial charge in [0.05, 0.1) is 11.4 Å². The molecule has 0 fully saturated rings. The molecule has 15 nitrogen and oxygen atoms in total. The Morgan fingerprint density at radius 1 is 0.770 bits per heavy atom. The number of carbonyl (C=O) groups is 5. The maximum absolute atomic E-state index is 13.1. The van der Waals surface area contributed by atoms with E-state index < -0.39 is 36.5 Å². The molecule has 0 atom stereocenters. The first-order valence-electron chi connectivity index (χ1n) is 20.9. The van der Waals surface area contributed by atoms with Crippen molar-refractivity contribution in [2.45, 2.75) is 108 Å². The van der Waals surface area contributed by atoms with Crippen LogP contribution in [0.1, 0.15) is 99.3 Å². The van der Waals surface area contributed by atoms with Crippen molar-refractivity contribution in [3.63, 3.8) is 0 Å². The molecule has 4 amide bonds. The zero-order valence-electron chi connectivity index (χ0n) is 38.8. The molecule has 0 radical (unpaired) electrons. The number of nitrogens with zero attached hydrogens (tertiary/aromatic N) is 4. The number of urea groups is 1. The summed E-state index contributed by atoms with van der Waals surface area (Å²) in [7, 11) is 2.83. The van der Waals surface area contributed by atoms with Gasteiger partial charge in [0.25, 0.3) is 0 Å². The lowest BCUT2D eigenvalue weighted by Gasteiger charge is -2.30. The average Bonchev–Trinajstić information content (AvgIpc) is 3.20. The molecule has 1 aromatic heterocycles. The van der Waals surface area contributed by atoms with E-state index in [1.54, 1.807) is 32.9 Å². The topological polar surface area (TPSA) is 169 Å². The molecule has 0 spiro atoms. The SMILES string of the molecule is CC.CC.Cc1ccc(NC(=O)Nc2cc(CCC(=O)OCOC(=O)N(C)c3ncccc3COC(=O)CN(C)C(=O)OC(C)(C)C)ccc2N(CC(C)C)CC(C)C)cc1. The minimum Gasteiger partial charge on any atom is -0.459 e. The van der Waals surface area contributed by atoms with Crippen molar-refractivity contribution in [1.29, 1.82) is 0 Å². The highest BCUT2D eigenvalue weighted by molar-refractivity contribution is 6.02. The summed E-state index contributed by atoms with van der Waals surface area (Å²) in [5.41, 5.74) is 3.70. The highest BCUT2D eigenvalue weighted by Crippen LogP contribution is 2.30. The summed E-state index contributed by atoms with van der Waals surface area (Å²) in [6.07, 6.45) is 0.214. The van der Waals surface area contributed by atoms with Crippen LogP contribution in [0.25, 0.3) is 0 Å². The van der Waals surface area contributed by atoms with Crippen LogP contribution in [0.4, 0.5) is 37.3 Å². The molecule has 0 aliphatic rings. The molecule has 1 heterocycles. The molecule has 0 aliphatic carbocycles. The molecule has 0 bridgehead atoms. The smallest absolute Gasteiger partial charge is 0.418 e. The van der Waals surface area contributed by atoms with Crippen molar-refractivity contribution in [3.05, 3.63) is 77.5 Å². The largest absolute Gasteiger partial charge is 0.459 e. The number of aromatic nitrogens is 1. The Labute approximate surface area is 363 Å². The van der Waals surface area contributed by atoms with Crippen LogP contribution in [-0.4, -0.2) is 86.2 Å². The predicted molar refractivity (Wildman–Crippen MR) is 242 cm³/mol. The molecular weight excluding hydrogens is 781 g/mol. The zero-order valence-corrected chi connectivity index (χ0v) is 38.8. The number of amides is 4. The number of hydrogen-bond donors (Lipinski definition) is 2. The molecule has 0 unspecified atom stereocenters. The van der Waals surface area contributed by atoms with Gasteiger partial charge in [-0.2, -0.15) is 0 Å². The van der Waals surface area contributed by atoms with Crippen molar-refractivity contribution < 1.29 is 42.9 Å². The molecule has 2 N–H and O–H groups in total. The first kappa shape index (κ1) is 53.2. The van der Waals surface area contributed by atoms with Gasteiger partial charge in [0.15, 0.2) is 0 Å². The van der Waals surface area contributed by atoms with Crippen LogP contribution in [0.2, 0.25) is 0 Å². The fourth-order valence-electron chi connectivity index (χ4n) is 5.48. The molecule has 61 heavy (non-hydrogen) atoms. The maximum atomic E-state index is 13.1. The first-order chi connectivity index (χ1) is 28.8. The third-order valence-electron chi connectivity index (χ3n) is 8.07. The molecule has 0 saturated carbocycles. The number of pyridine rings is 1. The monoisotopic (exact) mass is 851 g/mol. The number of carbonyl (C=O) groups excluding carboxylic acids is 5. The fourth-order valence-corrected chi connectivity index (χ4v) is 5.48. The molecule has 15 heteroatoms. The van der Waals surface area contributed by atoms with Crippen LogP contribution in [-0.2, 0) is 41.6 Å². The van der Waals surface area contributed by atoms with E-state index in [9.17, 15) is 24.0 Å². The van der Waals surface area contributed by atoms with E-state index in [2.05, 4.69) is 48.2 Å². The lowest BCUT2D eigenvalue weighted by atomic mass is 10.1. The number of rotatable bonds is 17. The number of ether oxygens (including phenoxy) is 4. The van der Waals surface area contributed by atoms with E-state index in [0.717, 1.165) is 39.7 Å². The summed E-state index contributed by atoms with van der Waals surface area (Å²) in [6.45, 7) is 24.1. The third-order valence-corrected chi connectivity index (χ3v) is 8.07. The molecular formula is C46H70N6O9. The highest BCUT2D eigenvalue weighted by atomic mass is 16.7. The van der Waals surface area contributed by atoms with Gasteiger partial charge in [0.1, 0.15) is 24.6 Å². The fraction of sp³-hybridized carbons (Fsp3) is 0.522. The minimum absolute atomic E-state index is 0.0116. The predicted octanol–water partition coefficient (Wildman–Crippen LogP) is 9.82. The van der Waals surface area contributed by atoms with E-state index in [4.69, 9.17) is 18.9 Å². The lowest BCUT2D eigenvalue weighted by Crippen LogP contribution is -2.37. The number of benzene rings is 2. The standard InChI is InChI=1S/C42H58N6O9.2C2H6/c1-28(2)23-48(24-29(3)4)35-19-15-31(22-34(35)45-39(51)44-33-17-13-30(5)14-18-33)16-20-36(49)55-27-56-41(53)47(10)38-32(12-11-21-43-38)26-54-37(50)25-46(9)40(52)57-42(6,7)8;2*1-2/h11-15,17-19,21-22,28-29H,16,20,23-27H2,1-10H3,(H2,44,45,51);2*1-2H3. The molecule has 2 aromatic carbocycles. The number of aryl methyl sites for hydroxylation is 2. The Balaban J connectivity index is 0.00000451. The van der Waals surface area contributed by atoms with Crippen LogP contribution in [0.5, 0.6) is 0 Å². The lowest BCUT2D eigenvalue weighted by molar-refractivity contribution is -0.151. The van der Waals surface area contributed by atoms with Crippen molar-refractivity contribution in [3.8, 4) is 0 Å². The summed E-state index contributed by atoms with van der Waals surface area (Å²) in [5.74, 6) is -0.375. The number of anilines is 4. The van der Waals surface area contributed by atoms with Gasteiger partial charge < -0.3 is 39.4 Å². The van der Waals surface area contributed by atoms with Gasteiger partial charge in [-0.1, -0.05) is 85.2 Å². The molecule has 3 aromatic rings. The van der Waals surface area contributed by atoms with Crippen molar-refractivity contribution in [2.24, 2.45) is 11.8 Å². The molecule has 0 aliphatic heterocycles. The van der Waals surface area contributed by atoms with E-state index in [-0.39, 0.29) is 31.4 Å². The number of nitrogens with one attached hydrogen (secondary N) is 2. The van der Waals surface area contributed by atoms with Crippen LogP contribution < -0.4 is 20.4 Å². The van der Waals surface area contributed by atoms with Gasteiger partial charge in [0.2, 0.25) is 6.79 Å². The number of hydrogen-bond acceptors (Lipinski definition) is 11. The Morgan fingerprint density at radius 3 is 1.98 bits per heavy atom.